The van der Waals surface area contributed by atoms with E-state index in [4.69, 9.17) is 39.5 Å². The zero-order valence-corrected chi connectivity index (χ0v) is 18.6. The molecule has 1 N–H and O–H groups in total. The van der Waals surface area contributed by atoms with Gasteiger partial charge in [0.25, 0.3) is 5.91 Å². The number of nitrogens with one attached hydrogen (secondary N) is 1. The Hall–Kier alpha value is -2.53. The second-order valence-electron chi connectivity index (χ2n) is 6.77. The molecule has 3 rings (SSSR count). The molecule has 4 nitrogen and oxygen atoms in total. The highest BCUT2D eigenvalue weighted by Crippen LogP contribution is 2.34. The first kappa shape index (κ1) is 22.2. The molecule has 0 aliphatic heterocycles. The van der Waals surface area contributed by atoms with Crippen molar-refractivity contribution in [2.45, 2.75) is 20.5 Å². The van der Waals surface area contributed by atoms with Crippen LogP contribution in [0.4, 0.5) is 0 Å². The summed E-state index contributed by atoms with van der Waals surface area (Å²) in [6.45, 7) is 4.27. The van der Waals surface area contributed by atoms with Crippen molar-refractivity contribution in [3.8, 4) is 5.75 Å². The number of hydrogen-bond donors (Lipinski definition) is 1. The number of carbonyl (C=O) groups is 1. The lowest BCUT2D eigenvalue weighted by Gasteiger charge is -2.11. The number of aryl methyl sites for hydroxylation is 2. The van der Waals surface area contributed by atoms with Crippen molar-refractivity contribution in [1.82, 2.24) is 5.43 Å². The van der Waals surface area contributed by atoms with Crippen LogP contribution in [0.3, 0.4) is 0 Å². The van der Waals surface area contributed by atoms with Gasteiger partial charge in [-0.05, 0) is 54.8 Å². The van der Waals surface area contributed by atoms with Gasteiger partial charge in [-0.2, -0.15) is 5.10 Å². The third-order valence-electron chi connectivity index (χ3n) is 4.27. The van der Waals surface area contributed by atoms with Crippen LogP contribution >= 0.6 is 34.8 Å². The minimum atomic E-state index is -0.411. The summed E-state index contributed by atoms with van der Waals surface area (Å²) in [5.41, 5.74) is 6.55. The zero-order chi connectivity index (χ0) is 21.7. The van der Waals surface area contributed by atoms with Gasteiger partial charge in [0.2, 0.25) is 0 Å². The SMILES string of the molecule is Cc1ccc(COc2c(Cl)cc(/C=N\NC(=O)c3ccc(C)cc3Cl)cc2Cl)cc1. The first-order valence-electron chi connectivity index (χ1n) is 9.10. The normalized spacial score (nSPS) is 11.0. The van der Waals surface area contributed by atoms with Gasteiger partial charge in [0.05, 0.1) is 26.8 Å². The fourth-order valence-corrected chi connectivity index (χ4v) is 3.60. The maximum absolute atomic E-state index is 12.2. The number of benzene rings is 3. The molecule has 3 aromatic rings. The van der Waals surface area contributed by atoms with E-state index in [2.05, 4.69) is 10.5 Å². The third-order valence-corrected chi connectivity index (χ3v) is 5.15. The second-order valence-corrected chi connectivity index (χ2v) is 7.99. The number of nitrogens with zero attached hydrogens (tertiary/aromatic N) is 1. The number of hydrazone groups is 1. The summed E-state index contributed by atoms with van der Waals surface area (Å²) in [5.74, 6) is -0.0157. The monoisotopic (exact) mass is 460 g/mol. The maximum Gasteiger partial charge on any atom is 0.272 e. The smallest absolute Gasteiger partial charge is 0.272 e. The number of carbonyl (C=O) groups excluding carboxylic acids is 1. The maximum atomic E-state index is 12.2. The predicted octanol–water partition coefficient (Wildman–Crippen LogP) is 6.61. The van der Waals surface area contributed by atoms with Gasteiger partial charge in [-0.1, -0.05) is 70.7 Å². The minimum absolute atomic E-state index is 0.343. The quantitative estimate of drug-likeness (QED) is 0.332. The molecule has 0 saturated heterocycles. The topological polar surface area (TPSA) is 50.7 Å². The van der Waals surface area contributed by atoms with Gasteiger partial charge in [0.1, 0.15) is 6.61 Å². The summed E-state index contributed by atoms with van der Waals surface area (Å²) in [6, 6.07) is 16.5. The second kappa shape index (κ2) is 9.98. The Balaban J connectivity index is 1.65. The average molecular weight is 462 g/mol. The first-order valence-corrected chi connectivity index (χ1v) is 10.2. The van der Waals surface area contributed by atoms with Crippen LogP contribution in [0.15, 0.2) is 59.7 Å². The molecule has 0 bridgehead atoms. The Bertz CT molecular complexity index is 1070. The summed E-state index contributed by atoms with van der Waals surface area (Å²) < 4.78 is 5.78. The van der Waals surface area contributed by atoms with E-state index in [0.29, 0.717) is 38.6 Å². The highest BCUT2D eigenvalue weighted by molar-refractivity contribution is 6.37. The zero-order valence-electron chi connectivity index (χ0n) is 16.4. The summed E-state index contributed by atoms with van der Waals surface area (Å²) in [5, 5.41) is 5.02. The molecule has 0 saturated carbocycles. The van der Waals surface area contributed by atoms with Crippen LogP contribution in [0.5, 0.6) is 5.75 Å². The summed E-state index contributed by atoms with van der Waals surface area (Å²) in [4.78, 5) is 12.2. The predicted molar refractivity (Wildman–Crippen MR) is 123 cm³/mol. The Morgan fingerprint density at radius 2 is 1.57 bits per heavy atom. The van der Waals surface area contributed by atoms with Crippen LogP contribution < -0.4 is 10.2 Å². The molecule has 3 aromatic carbocycles. The molecule has 30 heavy (non-hydrogen) atoms. The summed E-state index contributed by atoms with van der Waals surface area (Å²) in [7, 11) is 0. The van der Waals surface area contributed by atoms with E-state index in [0.717, 1.165) is 11.1 Å². The van der Waals surface area contributed by atoms with Crippen molar-refractivity contribution in [1.29, 1.82) is 0 Å². The lowest BCUT2D eigenvalue weighted by Crippen LogP contribution is -2.18. The Kier molecular flexibility index (Phi) is 7.38. The average Bonchev–Trinajstić information content (AvgIpc) is 2.68. The number of halogens is 3. The largest absolute Gasteiger partial charge is 0.486 e. The molecular formula is C23H19Cl3N2O2. The lowest BCUT2D eigenvalue weighted by atomic mass is 10.1. The molecule has 0 heterocycles. The lowest BCUT2D eigenvalue weighted by molar-refractivity contribution is 0.0955. The minimum Gasteiger partial charge on any atom is -0.486 e. The van der Waals surface area contributed by atoms with E-state index in [9.17, 15) is 4.79 Å². The van der Waals surface area contributed by atoms with Gasteiger partial charge in [0.15, 0.2) is 5.75 Å². The van der Waals surface area contributed by atoms with E-state index in [1.807, 2.05) is 38.1 Å². The van der Waals surface area contributed by atoms with Crippen molar-refractivity contribution >= 4 is 46.9 Å². The van der Waals surface area contributed by atoms with Gasteiger partial charge in [0, 0.05) is 0 Å². The fraction of sp³-hybridized carbons (Fsp3) is 0.130. The van der Waals surface area contributed by atoms with E-state index in [-0.39, 0.29) is 0 Å². The van der Waals surface area contributed by atoms with Crippen molar-refractivity contribution in [3.63, 3.8) is 0 Å². The molecule has 0 aliphatic carbocycles. The van der Waals surface area contributed by atoms with E-state index in [1.165, 1.54) is 11.8 Å². The van der Waals surface area contributed by atoms with Crippen molar-refractivity contribution in [2.24, 2.45) is 5.10 Å². The third kappa shape index (κ3) is 5.76. The fourth-order valence-electron chi connectivity index (χ4n) is 2.66. The Morgan fingerprint density at radius 3 is 2.20 bits per heavy atom. The summed E-state index contributed by atoms with van der Waals surface area (Å²) in [6.07, 6.45) is 1.45. The molecule has 0 fully saturated rings. The molecule has 0 radical (unpaired) electrons. The molecule has 0 spiro atoms. The number of hydrogen-bond acceptors (Lipinski definition) is 3. The van der Waals surface area contributed by atoms with Gasteiger partial charge < -0.3 is 4.74 Å². The van der Waals surface area contributed by atoms with Crippen LogP contribution in [0, 0.1) is 13.8 Å². The highest BCUT2D eigenvalue weighted by atomic mass is 35.5. The van der Waals surface area contributed by atoms with Crippen molar-refractivity contribution < 1.29 is 9.53 Å². The Morgan fingerprint density at radius 1 is 0.933 bits per heavy atom. The van der Waals surface area contributed by atoms with Crippen LogP contribution in [0.2, 0.25) is 15.1 Å². The van der Waals surface area contributed by atoms with Gasteiger partial charge in [-0.3, -0.25) is 4.79 Å². The van der Waals surface area contributed by atoms with Crippen molar-refractivity contribution in [3.05, 3.63) is 97.5 Å². The number of amides is 1. The Labute approximate surface area is 190 Å². The van der Waals surface area contributed by atoms with E-state index >= 15 is 0 Å². The van der Waals surface area contributed by atoms with E-state index in [1.54, 1.807) is 30.3 Å². The molecule has 154 valence electrons. The van der Waals surface area contributed by atoms with Gasteiger partial charge >= 0.3 is 0 Å². The van der Waals surface area contributed by atoms with E-state index < -0.39 is 5.91 Å². The molecule has 0 aromatic heterocycles. The van der Waals surface area contributed by atoms with Crippen LogP contribution in [-0.4, -0.2) is 12.1 Å². The van der Waals surface area contributed by atoms with Crippen LogP contribution in [-0.2, 0) is 6.61 Å². The molecular weight excluding hydrogens is 443 g/mol. The number of rotatable bonds is 6. The van der Waals surface area contributed by atoms with Crippen molar-refractivity contribution in [2.75, 3.05) is 0 Å². The molecule has 7 heteroatoms. The van der Waals surface area contributed by atoms with Crippen LogP contribution in [0.25, 0.3) is 0 Å². The standard InChI is InChI=1S/C23H19Cl3N2O2/c1-14-3-6-16(7-4-14)13-30-22-20(25)10-17(11-21(22)26)12-27-28-23(29)18-8-5-15(2)9-19(18)24/h3-12H,13H2,1-2H3,(H,28,29)/b27-12-. The first-order chi connectivity index (χ1) is 14.3. The molecule has 0 unspecified atom stereocenters. The highest BCUT2D eigenvalue weighted by Gasteiger charge is 2.11. The summed E-state index contributed by atoms with van der Waals surface area (Å²) >= 11 is 18.7. The molecule has 0 aliphatic rings. The number of ether oxygens (including phenoxy) is 1. The molecule has 1 amide bonds. The van der Waals surface area contributed by atoms with Gasteiger partial charge in [-0.25, -0.2) is 5.43 Å². The van der Waals surface area contributed by atoms with Crippen LogP contribution in [0.1, 0.15) is 32.6 Å². The van der Waals surface area contributed by atoms with Gasteiger partial charge in [-0.15, -0.1) is 0 Å². The molecule has 0 atom stereocenters.